The predicted octanol–water partition coefficient (Wildman–Crippen LogP) is 3.35. The zero-order valence-corrected chi connectivity index (χ0v) is 17.5. The van der Waals surface area contributed by atoms with Crippen LogP contribution in [0, 0.1) is 25.5 Å². The average Bonchev–Trinajstić information content (AvgIpc) is 3.23. The van der Waals surface area contributed by atoms with Crippen molar-refractivity contribution in [2.75, 3.05) is 11.4 Å². The summed E-state index contributed by atoms with van der Waals surface area (Å²) < 4.78 is 29.7. The van der Waals surface area contributed by atoms with Crippen molar-refractivity contribution in [1.82, 2.24) is 20.1 Å². The summed E-state index contributed by atoms with van der Waals surface area (Å²) in [6.07, 6.45) is -0.103. The number of amides is 2. The summed E-state index contributed by atoms with van der Waals surface area (Å²) in [6.45, 7) is 3.63. The first-order valence-electron chi connectivity index (χ1n) is 9.50. The second-order valence-electron chi connectivity index (χ2n) is 7.29. The topological polar surface area (TPSA) is 80.1 Å². The SMILES string of the molecule is Cc1cc(C)n(-c2ccc(Cl)c(C(=O)NC3CC(=O)N(c4c(F)cccc4F)C3)n2)n1. The average molecular weight is 446 g/mol. The van der Waals surface area contributed by atoms with Gasteiger partial charge in [-0.2, -0.15) is 5.10 Å². The highest BCUT2D eigenvalue weighted by molar-refractivity contribution is 6.33. The molecule has 1 atom stereocenters. The normalized spacial score (nSPS) is 16.1. The number of rotatable bonds is 4. The molecule has 1 aromatic carbocycles. The first-order chi connectivity index (χ1) is 14.7. The zero-order chi connectivity index (χ0) is 22.3. The maximum absolute atomic E-state index is 14.1. The largest absolute Gasteiger partial charge is 0.346 e. The number of nitrogens with zero attached hydrogens (tertiary/aromatic N) is 4. The number of benzene rings is 1. The number of anilines is 1. The van der Waals surface area contributed by atoms with Crippen molar-refractivity contribution in [3.05, 3.63) is 70.1 Å². The van der Waals surface area contributed by atoms with Gasteiger partial charge >= 0.3 is 0 Å². The molecule has 3 aromatic rings. The Morgan fingerprint density at radius 3 is 2.55 bits per heavy atom. The van der Waals surface area contributed by atoms with E-state index in [1.54, 1.807) is 10.7 Å². The lowest BCUT2D eigenvalue weighted by Crippen LogP contribution is -2.38. The molecule has 1 aliphatic heterocycles. The van der Waals surface area contributed by atoms with Crippen LogP contribution in [-0.4, -0.2) is 39.2 Å². The molecule has 1 fully saturated rings. The molecule has 10 heteroatoms. The Labute approximate surface area is 181 Å². The number of halogens is 3. The van der Waals surface area contributed by atoms with Crippen LogP contribution in [0.25, 0.3) is 5.82 Å². The van der Waals surface area contributed by atoms with E-state index in [4.69, 9.17) is 11.6 Å². The summed E-state index contributed by atoms with van der Waals surface area (Å²) in [5.74, 6) is -2.37. The standard InChI is InChI=1S/C21H18ClF2N5O2/c1-11-8-12(2)29(27-11)17-7-6-14(22)19(26-17)21(31)25-13-9-18(30)28(10-13)20-15(23)4-3-5-16(20)24/h3-8,13H,9-10H2,1-2H3,(H,25,31). The number of carbonyl (C=O) groups is 2. The van der Waals surface area contributed by atoms with E-state index in [1.165, 1.54) is 12.1 Å². The zero-order valence-electron chi connectivity index (χ0n) is 16.7. The van der Waals surface area contributed by atoms with Gasteiger partial charge in [-0.15, -0.1) is 0 Å². The van der Waals surface area contributed by atoms with Gasteiger partial charge in [-0.1, -0.05) is 17.7 Å². The van der Waals surface area contributed by atoms with Crippen LogP contribution in [0.2, 0.25) is 5.02 Å². The molecule has 31 heavy (non-hydrogen) atoms. The maximum Gasteiger partial charge on any atom is 0.271 e. The molecule has 1 unspecified atom stereocenters. The fraction of sp³-hybridized carbons (Fsp3) is 0.238. The van der Waals surface area contributed by atoms with Gasteiger partial charge in [0.1, 0.15) is 23.0 Å². The lowest BCUT2D eigenvalue weighted by molar-refractivity contribution is -0.117. The Kier molecular flexibility index (Phi) is 5.45. The number of para-hydroxylation sites is 1. The summed E-state index contributed by atoms with van der Waals surface area (Å²) in [6, 6.07) is 7.76. The first kappa shape index (κ1) is 20.9. The highest BCUT2D eigenvalue weighted by Crippen LogP contribution is 2.28. The number of aromatic nitrogens is 3. The number of hydrogen-bond acceptors (Lipinski definition) is 4. The van der Waals surface area contributed by atoms with E-state index in [-0.39, 0.29) is 23.7 Å². The van der Waals surface area contributed by atoms with Crippen molar-refractivity contribution in [2.24, 2.45) is 0 Å². The van der Waals surface area contributed by atoms with Crippen molar-refractivity contribution < 1.29 is 18.4 Å². The third kappa shape index (κ3) is 4.00. The van der Waals surface area contributed by atoms with Gasteiger partial charge in [0.15, 0.2) is 5.82 Å². The quantitative estimate of drug-likeness (QED) is 0.668. The minimum Gasteiger partial charge on any atom is -0.346 e. The molecule has 0 saturated carbocycles. The van der Waals surface area contributed by atoms with Crippen LogP contribution < -0.4 is 10.2 Å². The molecule has 1 aliphatic rings. The predicted molar refractivity (Wildman–Crippen MR) is 110 cm³/mol. The van der Waals surface area contributed by atoms with E-state index < -0.39 is 35.2 Å². The van der Waals surface area contributed by atoms with E-state index in [0.717, 1.165) is 28.4 Å². The summed E-state index contributed by atoms with van der Waals surface area (Å²) in [4.78, 5) is 30.5. The van der Waals surface area contributed by atoms with E-state index in [2.05, 4.69) is 15.4 Å². The summed E-state index contributed by atoms with van der Waals surface area (Å²) in [7, 11) is 0. The van der Waals surface area contributed by atoms with Crippen LogP contribution in [0.15, 0.2) is 36.4 Å². The molecule has 1 N–H and O–H groups in total. The van der Waals surface area contributed by atoms with E-state index in [1.807, 2.05) is 19.9 Å². The Morgan fingerprint density at radius 2 is 1.90 bits per heavy atom. The minimum absolute atomic E-state index is 0.0327. The summed E-state index contributed by atoms with van der Waals surface area (Å²) >= 11 is 6.17. The van der Waals surface area contributed by atoms with Gasteiger partial charge < -0.3 is 10.2 Å². The highest BCUT2D eigenvalue weighted by Gasteiger charge is 2.35. The van der Waals surface area contributed by atoms with Gasteiger partial charge in [0, 0.05) is 18.7 Å². The fourth-order valence-electron chi connectivity index (χ4n) is 3.59. The minimum atomic E-state index is -0.845. The van der Waals surface area contributed by atoms with E-state index in [9.17, 15) is 18.4 Å². The van der Waals surface area contributed by atoms with Crippen molar-refractivity contribution >= 4 is 29.1 Å². The molecule has 0 bridgehead atoms. The molecule has 0 spiro atoms. The van der Waals surface area contributed by atoms with Crippen molar-refractivity contribution in [3.8, 4) is 5.82 Å². The molecule has 7 nitrogen and oxygen atoms in total. The lowest BCUT2D eigenvalue weighted by atomic mass is 10.2. The molecule has 2 aromatic heterocycles. The van der Waals surface area contributed by atoms with Crippen LogP contribution in [0.4, 0.5) is 14.5 Å². The van der Waals surface area contributed by atoms with E-state index in [0.29, 0.717) is 5.82 Å². The Hall–Kier alpha value is -3.33. The highest BCUT2D eigenvalue weighted by atomic mass is 35.5. The number of aryl methyl sites for hydroxylation is 2. The van der Waals surface area contributed by atoms with Gasteiger partial charge in [-0.3, -0.25) is 9.59 Å². The lowest BCUT2D eigenvalue weighted by Gasteiger charge is -2.18. The van der Waals surface area contributed by atoms with Gasteiger partial charge in [0.05, 0.1) is 16.8 Å². The van der Waals surface area contributed by atoms with E-state index >= 15 is 0 Å². The number of pyridine rings is 1. The Bertz CT molecular complexity index is 1180. The Balaban J connectivity index is 1.55. The van der Waals surface area contributed by atoms with Crippen LogP contribution in [-0.2, 0) is 4.79 Å². The van der Waals surface area contributed by atoms with Crippen LogP contribution >= 0.6 is 11.6 Å². The second-order valence-corrected chi connectivity index (χ2v) is 7.70. The summed E-state index contributed by atoms with van der Waals surface area (Å²) in [5, 5.41) is 7.15. The van der Waals surface area contributed by atoms with Crippen molar-refractivity contribution in [2.45, 2.75) is 26.3 Å². The van der Waals surface area contributed by atoms with Gasteiger partial charge in [-0.25, -0.2) is 18.4 Å². The monoisotopic (exact) mass is 445 g/mol. The molecule has 160 valence electrons. The third-order valence-corrected chi connectivity index (χ3v) is 5.25. The van der Waals surface area contributed by atoms with Gasteiger partial charge in [0.2, 0.25) is 5.91 Å². The van der Waals surface area contributed by atoms with Crippen molar-refractivity contribution in [3.63, 3.8) is 0 Å². The molecule has 3 heterocycles. The molecular formula is C21H18ClF2N5O2. The molecule has 4 rings (SSSR count). The number of nitrogens with one attached hydrogen (secondary N) is 1. The third-order valence-electron chi connectivity index (χ3n) is 4.94. The van der Waals surface area contributed by atoms with Crippen LogP contribution in [0.5, 0.6) is 0 Å². The molecular weight excluding hydrogens is 428 g/mol. The van der Waals surface area contributed by atoms with Gasteiger partial charge in [-0.05, 0) is 44.2 Å². The molecule has 2 amide bonds. The second kappa shape index (κ2) is 8.07. The van der Waals surface area contributed by atoms with Crippen LogP contribution in [0.1, 0.15) is 28.3 Å². The maximum atomic E-state index is 14.1. The first-order valence-corrected chi connectivity index (χ1v) is 9.88. The molecule has 1 saturated heterocycles. The fourth-order valence-corrected chi connectivity index (χ4v) is 3.78. The Morgan fingerprint density at radius 1 is 1.19 bits per heavy atom. The molecule has 0 radical (unpaired) electrons. The number of carbonyl (C=O) groups excluding carboxylic acids is 2. The van der Waals surface area contributed by atoms with Gasteiger partial charge in [0.25, 0.3) is 5.91 Å². The molecule has 0 aliphatic carbocycles. The number of hydrogen-bond donors (Lipinski definition) is 1. The van der Waals surface area contributed by atoms with Crippen LogP contribution in [0.3, 0.4) is 0 Å². The smallest absolute Gasteiger partial charge is 0.271 e. The van der Waals surface area contributed by atoms with Crippen molar-refractivity contribution in [1.29, 1.82) is 0 Å². The summed E-state index contributed by atoms with van der Waals surface area (Å²) in [5.41, 5.74) is 1.18.